The van der Waals surface area contributed by atoms with Gasteiger partial charge >= 0.3 is 0 Å². The van der Waals surface area contributed by atoms with Crippen molar-refractivity contribution in [3.8, 4) is 0 Å². The van der Waals surface area contributed by atoms with E-state index >= 15 is 0 Å². The number of hydrogen-bond acceptors (Lipinski definition) is 1. The maximum absolute atomic E-state index is 3.52. The lowest BCUT2D eigenvalue weighted by molar-refractivity contribution is 0.393. The molecule has 1 fully saturated rings. The first-order valence-corrected chi connectivity index (χ1v) is 5.70. The minimum atomic E-state index is 0.495. The van der Waals surface area contributed by atoms with Gasteiger partial charge in [-0.05, 0) is 43.4 Å². The van der Waals surface area contributed by atoms with Crippen LogP contribution in [0.3, 0.4) is 0 Å². The Morgan fingerprint density at radius 3 is 2.93 bits per heavy atom. The van der Waals surface area contributed by atoms with Crippen molar-refractivity contribution in [3.63, 3.8) is 0 Å². The second-order valence-electron chi connectivity index (χ2n) is 4.72. The predicted molar refractivity (Wildman–Crippen MR) is 58.5 cm³/mol. The summed E-state index contributed by atoms with van der Waals surface area (Å²) in [4.78, 5) is 0. The molecule has 0 unspecified atom stereocenters. The quantitative estimate of drug-likeness (QED) is 0.657. The van der Waals surface area contributed by atoms with Gasteiger partial charge in [0.25, 0.3) is 0 Å². The largest absolute Gasteiger partial charge is 0.316 e. The summed E-state index contributed by atoms with van der Waals surface area (Å²) in [6.45, 7) is 2.40. The van der Waals surface area contributed by atoms with Crippen LogP contribution >= 0.6 is 0 Å². The number of benzene rings is 1. The summed E-state index contributed by atoms with van der Waals surface area (Å²) in [6.07, 6.45) is 5.39. The first-order chi connectivity index (χ1) is 6.91. The summed E-state index contributed by atoms with van der Waals surface area (Å²) in [7, 11) is 0. The molecular formula is C13H17N. The van der Waals surface area contributed by atoms with E-state index in [4.69, 9.17) is 0 Å². The van der Waals surface area contributed by atoms with E-state index in [9.17, 15) is 0 Å². The van der Waals surface area contributed by atoms with Crippen molar-refractivity contribution in [2.45, 2.75) is 31.1 Å². The summed E-state index contributed by atoms with van der Waals surface area (Å²) in [5, 5.41) is 3.52. The number of fused-ring (bicyclic) bond motifs is 2. The third-order valence-corrected chi connectivity index (χ3v) is 3.93. The number of nitrogens with one attached hydrogen (secondary N) is 1. The van der Waals surface area contributed by atoms with E-state index in [-0.39, 0.29) is 0 Å². The van der Waals surface area contributed by atoms with Gasteiger partial charge in [-0.2, -0.15) is 0 Å². The summed E-state index contributed by atoms with van der Waals surface area (Å²) in [6, 6.07) is 9.04. The molecular weight excluding hydrogens is 170 g/mol. The van der Waals surface area contributed by atoms with Crippen LogP contribution in [0.1, 0.15) is 30.4 Å². The molecule has 1 aliphatic carbocycles. The maximum Gasteiger partial charge on any atom is 0.00926 e. The molecule has 3 rings (SSSR count). The van der Waals surface area contributed by atoms with Gasteiger partial charge in [-0.1, -0.05) is 24.3 Å². The smallest absolute Gasteiger partial charge is 0.00926 e. The summed E-state index contributed by atoms with van der Waals surface area (Å²) >= 11 is 0. The van der Waals surface area contributed by atoms with E-state index < -0.39 is 0 Å². The van der Waals surface area contributed by atoms with E-state index in [1.807, 2.05) is 0 Å². The second kappa shape index (κ2) is 3.09. The van der Waals surface area contributed by atoms with Crippen LogP contribution < -0.4 is 5.32 Å². The van der Waals surface area contributed by atoms with Gasteiger partial charge in [0.15, 0.2) is 0 Å². The lowest BCUT2D eigenvalue weighted by Gasteiger charge is -2.35. The lowest BCUT2D eigenvalue weighted by Crippen LogP contribution is -2.33. The van der Waals surface area contributed by atoms with E-state index in [0.29, 0.717) is 5.41 Å². The van der Waals surface area contributed by atoms with Crippen LogP contribution in [0.5, 0.6) is 0 Å². The van der Waals surface area contributed by atoms with Gasteiger partial charge < -0.3 is 5.32 Å². The van der Waals surface area contributed by atoms with Gasteiger partial charge in [0, 0.05) is 12.0 Å². The number of hydrogen-bond donors (Lipinski definition) is 1. The Labute approximate surface area is 85.5 Å². The fraction of sp³-hybridized carbons (Fsp3) is 0.538. The van der Waals surface area contributed by atoms with Crippen LogP contribution in [0.25, 0.3) is 0 Å². The van der Waals surface area contributed by atoms with Gasteiger partial charge in [0.05, 0.1) is 0 Å². The maximum atomic E-state index is 3.52. The Kier molecular flexibility index (Phi) is 1.88. The van der Waals surface area contributed by atoms with Crippen molar-refractivity contribution in [3.05, 3.63) is 35.4 Å². The van der Waals surface area contributed by atoms with Gasteiger partial charge in [-0.25, -0.2) is 0 Å². The molecule has 1 heteroatoms. The molecule has 0 saturated carbocycles. The minimum absolute atomic E-state index is 0.495. The normalized spacial score (nSPS) is 30.6. The molecule has 74 valence electrons. The van der Waals surface area contributed by atoms with Crippen molar-refractivity contribution in [1.82, 2.24) is 5.32 Å². The van der Waals surface area contributed by atoms with Crippen LogP contribution in [0.15, 0.2) is 24.3 Å². The molecule has 0 amide bonds. The molecule has 1 N–H and O–H groups in total. The summed E-state index contributed by atoms with van der Waals surface area (Å²) in [5.74, 6) is 0. The molecule has 1 saturated heterocycles. The van der Waals surface area contributed by atoms with Gasteiger partial charge in [-0.3, -0.25) is 0 Å². The molecule has 1 aromatic carbocycles. The van der Waals surface area contributed by atoms with Crippen molar-refractivity contribution in [2.24, 2.45) is 0 Å². The molecule has 1 aliphatic heterocycles. The average molecular weight is 187 g/mol. The molecule has 0 aromatic heterocycles. The van der Waals surface area contributed by atoms with Crippen molar-refractivity contribution in [1.29, 1.82) is 0 Å². The Bertz CT molecular complexity index is 337. The van der Waals surface area contributed by atoms with Crippen molar-refractivity contribution < 1.29 is 0 Å². The zero-order valence-corrected chi connectivity index (χ0v) is 8.55. The molecule has 0 radical (unpaired) electrons. The highest BCUT2D eigenvalue weighted by Gasteiger charge is 2.38. The van der Waals surface area contributed by atoms with Crippen LogP contribution in [0, 0.1) is 0 Å². The summed E-state index contributed by atoms with van der Waals surface area (Å²) < 4.78 is 0. The highest BCUT2D eigenvalue weighted by molar-refractivity contribution is 5.38. The predicted octanol–water partition coefficient (Wildman–Crippen LogP) is 2.25. The molecule has 1 nitrogen and oxygen atoms in total. The van der Waals surface area contributed by atoms with E-state index in [0.717, 1.165) is 0 Å². The van der Waals surface area contributed by atoms with E-state index in [1.54, 1.807) is 11.1 Å². The number of rotatable bonds is 0. The van der Waals surface area contributed by atoms with Crippen LogP contribution in [-0.4, -0.2) is 13.1 Å². The Balaban J connectivity index is 2.10. The lowest BCUT2D eigenvalue weighted by atomic mass is 9.69. The minimum Gasteiger partial charge on any atom is -0.316 e. The van der Waals surface area contributed by atoms with Crippen molar-refractivity contribution in [2.75, 3.05) is 13.1 Å². The number of aryl methyl sites for hydroxylation is 1. The molecule has 0 bridgehead atoms. The van der Waals surface area contributed by atoms with Crippen molar-refractivity contribution >= 4 is 0 Å². The first-order valence-electron chi connectivity index (χ1n) is 5.70. The third-order valence-electron chi connectivity index (χ3n) is 3.93. The zero-order chi connectivity index (χ0) is 9.43. The fourth-order valence-corrected chi connectivity index (χ4v) is 3.19. The molecule has 1 atom stereocenters. The van der Waals surface area contributed by atoms with E-state index in [2.05, 4.69) is 29.6 Å². The molecule has 14 heavy (non-hydrogen) atoms. The Morgan fingerprint density at radius 1 is 1.14 bits per heavy atom. The van der Waals surface area contributed by atoms with Crippen LogP contribution in [0.4, 0.5) is 0 Å². The molecule has 1 aromatic rings. The van der Waals surface area contributed by atoms with Crippen LogP contribution in [-0.2, 0) is 11.8 Å². The second-order valence-corrected chi connectivity index (χ2v) is 4.72. The molecule has 1 heterocycles. The van der Waals surface area contributed by atoms with Crippen LogP contribution in [0.2, 0.25) is 0 Å². The van der Waals surface area contributed by atoms with E-state index in [1.165, 1.54) is 38.8 Å². The van der Waals surface area contributed by atoms with Gasteiger partial charge in [0.1, 0.15) is 0 Å². The Hall–Kier alpha value is -0.820. The highest BCUT2D eigenvalue weighted by atomic mass is 14.9. The van der Waals surface area contributed by atoms with Gasteiger partial charge in [-0.15, -0.1) is 0 Å². The molecule has 2 aliphatic rings. The zero-order valence-electron chi connectivity index (χ0n) is 8.55. The Morgan fingerprint density at radius 2 is 2.07 bits per heavy atom. The first kappa shape index (κ1) is 8.49. The fourth-order valence-electron chi connectivity index (χ4n) is 3.19. The average Bonchev–Trinajstić information content (AvgIpc) is 2.68. The monoisotopic (exact) mass is 187 g/mol. The standard InChI is InChI=1S/C13H17N/c1-2-6-12-11(4-1)5-3-7-13(12)8-9-14-10-13/h1-2,4,6,14H,3,5,7-10H2/t13-/m1/s1. The SMILES string of the molecule is c1ccc2c(c1)CCC[C@]21CCNC1. The van der Waals surface area contributed by atoms with Gasteiger partial charge in [0.2, 0.25) is 0 Å². The summed E-state index contributed by atoms with van der Waals surface area (Å²) in [5.41, 5.74) is 3.73. The molecule has 1 spiro atoms. The topological polar surface area (TPSA) is 12.0 Å². The highest BCUT2D eigenvalue weighted by Crippen LogP contribution is 2.41. The third kappa shape index (κ3) is 1.12.